The first-order chi connectivity index (χ1) is 13.4. The summed E-state index contributed by atoms with van der Waals surface area (Å²) in [6, 6.07) is 12.7. The molecule has 0 unspecified atom stereocenters. The Morgan fingerprint density at radius 3 is 2.75 bits per heavy atom. The molecule has 0 radical (unpaired) electrons. The number of carbonyl (C=O) groups is 1. The van der Waals surface area contributed by atoms with E-state index in [0.29, 0.717) is 24.5 Å². The SMILES string of the molecule is Cc1cccc(NC(=O)[C@@H]2CCCN(C3=NS(=O)(=O)c4ccccc43)C2)c1C. The summed E-state index contributed by atoms with van der Waals surface area (Å²) >= 11 is 0. The lowest BCUT2D eigenvalue weighted by Crippen LogP contribution is -2.43. The zero-order valence-electron chi connectivity index (χ0n) is 16.0. The molecule has 1 N–H and O–H groups in total. The molecule has 0 spiro atoms. The minimum absolute atomic E-state index is 0.0341. The van der Waals surface area contributed by atoms with Gasteiger partial charge in [-0.15, -0.1) is 4.40 Å². The molecule has 1 atom stereocenters. The van der Waals surface area contributed by atoms with Gasteiger partial charge in [0.15, 0.2) is 5.84 Å². The van der Waals surface area contributed by atoms with Crippen LogP contribution in [0.1, 0.15) is 29.5 Å². The molecule has 1 saturated heterocycles. The average molecular weight is 398 g/mol. The van der Waals surface area contributed by atoms with E-state index in [4.69, 9.17) is 0 Å². The third kappa shape index (κ3) is 3.30. The number of nitrogens with zero attached hydrogens (tertiary/aromatic N) is 2. The number of piperidine rings is 1. The Kier molecular flexibility index (Phi) is 4.71. The fourth-order valence-corrected chi connectivity index (χ4v) is 5.05. The van der Waals surface area contributed by atoms with Gasteiger partial charge in [0.2, 0.25) is 5.91 Å². The van der Waals surface area contributed by atoms with Crippen LogP contribution < -0.4 is 5.32 Å². The Morgan fingerprint density at radius 2 is 1.93 bits per heavy atom. The Hall–Kier alpha value is -2.67. The van der Waals surface area contributed by atoms with Crippen molar-refractivity contribution < 1.29 is 13.2 Å². The van der Waals surface area contributed by atoms with Crippen LogP contribution in [0, 0.1) is 19.8 Å². The maximum Gasteiger partial charge on any atom is 0.285 e. The minimum Gasteiger partial charge on any atom is -0.355 e. The summed E-state index contributed by atoms with van der Waals surface area (Å²) in [5, 5.41) is 3.04. The number of nitrogens with one attached hydrogen (secondary N) is 1. The molecule has 0 saturated carbocycles. The number of carbonyl (C=O) groups excluding carboxylic acids is 1. The van der Waals surface area contributed by atoms with E-state index in [9.17, 15) is 13.2 Å². The Balaban J connectivity index is 1.54. The molecule has 1 amide bonds. The highest BCUT2D eigenvalue weighted by Gasteiger charge is 2.35. The van der Waals surface area contributed by atoms with Crippen LogP contribution in [-0.4, -0.2) is 38.2 Å². The molecule has 1 fully saturated rings. The molecule has 0 aliphatic carbocycles. The molecule has 4 rings (SSSR count). The predicted octanol–water partition coefficient (Wildman–Crippen LogP) is 3.10. The van der Waals surface area contributed by atoms with Crippen molar-refractivity contribution in [2.24, 2.45) is 10.3 Å². The van der Waals surface area contributed by atoms with Crippen molar-refractivity contribution in [3.05, 3.63) is 59.2 Å². The molecule has 0 bridgehead atoms. The quantitative estimate of drug-likeness (QED) is 0.845. The van der Waals surface area contributed by atoms with E-state index in [2.05, 4.69) is 9.71 Å². The van der Waals surface area contributed by atoms with Gasteiger partial charge in [-0.05, 0) is 56.0 Å². The van der Waals surface area contributed by atoms with Gasteiger partial charge in [0, 0.05) is 24.3 Å². The molecule has 2 heterocycles. The van der Waals surface area contributed by atoms with Crippen molar-refractivity contribution in [1.29, 1.82) is 0 Å². The maximum absolute atomic E-state index is 12.9. The number of benzene rings is 2. The summed E-state index contributed by atoms with van der Waals surface area (Å²) in [7, 11) is -3.66. The lowest BCUT2D eigenvalue weighted by Gasteiger charge is -2.33. The Morgan fingerprint density at radius 1 is 1.14 bits per heavy atom. The van der Waals surface area contributed by atoms with Gasteiger partial charge in [0.05, 0.1) is 5.92 Å². The first-order valence-corrected chi connectivity index (χ1v) is 10.9. The first-order valence-electron chi connectivity index (χ1n) is 9.43. The summed E-state index contributed by atoms with van der Waals surface area (Å²) in [6.45, 7) is 5.16. The van der Waals surface area contributed by atoms with Crippen molar-refractivity contribution in [3.63, 3.8) is 0 Å². The van der Waals surface area contributed by atoms with Crippen LogP contribution in [0.4, 0.5) is 5.69 Å². The normalized spacial score (nSPS) is 20.4. The Bertz CT molecular complexity index is 1080. The highest BCUT2D eigenvalue weighted by atomic mass is 32.2. The van der Waals surface area contributed by atoms with E-state index in [-0.39, 0.29) is 16.7 Å². The molecule has 2 aliphatic rings. The maximum atomic E-state index is 12.9. The van der Waals surface area contributed by atoms with Crippen LogP contribution in [0.5, 0.6) is 0 Å². The molecular weight excluding hydrogens is 374 g/mol. The molecule has 0 aromatic heterocycles. The first kappa shape index (κ1) is 18.7. The van der Waals surface area contributed by atoms with Gasteiger partial charge in [-0.1, -0.05) is 24.3 Å². The summed E-state index contributed by atoms with van der Waals surface area (Å²) in [5.41, 5.74) is 3.64. The number of amidine groups is 1. The van der Waals surface area contributed by atoms with E-state index >= 15 is 0 Å². The van der Waals surface area contributed by atoms with Crippen LogP contribution in [0.15, 0.2) is 51.8 Å². The number of likely N-dealkylation sites (tertiary alicyclic amines) is 1. The topological polar surface area (TPSA) is 78.8 Å². The smallest absolute Gasteiger partial charge is 0.285 e. The van der Waals surface area contributed by atoms with Gasteiger partial charge in [-0.25, -0.2) is 0 Å². The second-order valence-electron chi connectivity index (χ2n) is 7.41. The van der Waals surface area contributed by atoms with E-state index in [1.165, 1.54) is 0 Å². The van der Waals surface area contributed by atoms with Gasteiger partial charge in [0.25, 0.3) is 10.0 Å². The van der Waals surface area contributed by atoms with Gasteiger partial charge in [-0.2, -0.15) is 8.42 Å². The van der Waals surface area contributed by atoms with E-state index in [1.807, 2.05) is 43.0 Å². The monoisotopic (exact) mass is 397 g/mol. The second kappa shape index (κ2) is 7.05. The number of anilines is 1. The van der Waals surface area contributed by atoms with Crippen molar-refractivity contribution in [1.82, 2.24) is 4.90 Å². The highest BCUT2D eigenvalue weighted by molar-refractivity contribution is 7.90. The summed E-state index contributed by atoms with van der Waals surface area (Å²) in [4.78, 5) is 15.0. The average Bonchev–Trinajstić information content (AvgIpc) is 2.97. The summed E-state index contributed by atoms with van der Waals surface area (Å²) in [5.74, 6) is 0.208. The summed E-state index contributed by atoms with van der Waals surface area (Å²) < 4.78 is 28.7. The number of sulfonamides is 1. The fraction of sp³-hybridized carbons (Fsp3) is 0.333. The van der Waals surface area contributed by atoms with E-state index < -0.39 is 10.0 Å². The zero-order chi connectivity index (χ0) is 19.9. The number of fused-ring (bicyclic) bond motifs is 1. The molecule has 6 nitrogen and oxygen atoms in total. The molecule has 28 heavy (non-hydrogen) atoms. The number of hydrogen-bond acceptors (Lipinski definition) is 4. The zero-order valence-corrected chi connectivity index (χ0v) is 16.8. The second-order valence-corrected chi connectivity index (χ2v) is 8.98. The van der Waals surface area contributed by atoms with Crippen LogP contribution in [0.25, 0.3) is 0 Å². The highest BCUT2D eigenvalue weighted by Crippen LogP contribution is 2.30. The van der Waals surface area contributed by atoms with Crippen LogP contribution in [-0.2, 0) is 14.8 Å². The molecule has 2 aromatic rings. The third-order valence-electron chi connectivity index (χ3n) is 5.57. The predicted molar refractivity (Wildman–Crippen MR) is 109 cm³/mol. The van der Waals surface area contributed by atoms with Gasteiger partial charge >= 0.3 is 0 Å². The summed E-state index contributed by atoms with van der Waals surface area (Å²) in [6.07, 6.45) is 1.58. The minimum atomic E-state index is -3.66. The van der Waals surface area contributed by atoms with Crippen LogP contribution in [0.2, 0.25) is 0 Å². The van der Waals surface area contributed by atoms with Crippen molar-refractivity contribution >= 4 is 27.5 Å². The van der Waals surface area contributed by atoms with Gasteiger partial charge in [-0.3, -0.25) is 4.79 Å². The van der Waals surface area contributed by atoms with Gasteiger partial charge < -0.3 is 10.2 Å². The largest absolute Gasteiger partial charge is 0.355 e. The van der Waals surface area contributed by atoms with Crippen LogP contribution in [0.3, 0.4) is 0 Å². The number of rotatable bonds is 2. The molecule has 2 aromatic carbocycles. The van der Waals surface area contributed by atoms with Crippen LogP contribution >= 0.6 is 0 Å². The molecule has 2 aliphatic heterocycles. The molecule has 7 heteroatoms. The van der Waals surface area contributed by atoms with E-state index in [0.717, 1.165) is 29.7 Å². The molecular formula is C21H23N3O3S. The van der Waals surface area contributed by atoms with Crippen molar-refractivity contribution in [2.45, 2.75) is 31.6 Å². The standard InChI is InChI=1S/C21H23N3O3S/c1-14-7-5-10-18(15(14)2)22-21(25)16-8-6-12-24(13-16)20-17-9-3-4-11-19(17)28(26,27)23-20/h3-5,7,9-11,16H,6,8,12-13H2,1-2H3,(H,22,25)/t16-/m1/s1. The lowest BCUT2D eigenvalue weighted by molar-refractivity contribution is -0.121. The van der Waals surface area contributed by atoms with E-state index in [1.54, 1.807) is 18.2 Å². The molecule has 146 valence electrons. The lowest BCUT2D eigenvalue weighted by atomic mass is 9.96. The number of hydrogen-bond donors (Lipinski definition) is 1. The van der Waals surface area contributed by atoms with Crippen molar-refractivity contribution in [2.75, 3.05) is 18.4 Å². The number of amides is 1. The number of aryl methyl sites for hydroxylation is 1. The Labute approximate surface area is 165 Å². The third-order valence-corrected chi connectivity index (χ3v) is 6.89. The van der Waals surface area contributed by atoms with Gasteiger partial charge in [0.1, 0.15) is 4.90 Å². The fourth-order valence-electron chi connectivity index (χ4n) is 3.82. The van der Waals surface area contributed by atoms with Crippen molar-refractivity contribution in [3.8, 4) is 0 Å².